The van der Waals surface area contributed by atoms with E-state index in [0.717, 1.165) is 30.5 Å². The van der Waals surface area contributed by atoms with Gasteiger partial charge in [0.1, 0.15) is 0 Å². The van der Waals surface area contributed by atoms with Crippen LogP contribution in [-0.2, 0) is 26.3 Å². The van der Waals surface area contributed by atoms with Crippen LogP contribution in [0.2, 0.25) is 0 Å². The lowest BCUT2D eigenvalue weighted by atomic mass is 10.1. The Balaban J connectivity index is 1.67. The Kier molecular flexibility index (Phi) is 6.78. The molecule has 30 heavy (non-hydrogen) atoms. The van der Waals surface area contributed by atoms with Crippen LogP contribution in [0.4, 0.5) is 14.5 Å². The predicted octanol–water partition coefficient (Wildman–Crippen LogP) is 3.15. The topological polar surface area (TPSA) is 74.8 Å². The number of hydrogen-bond donors (Lipinski definition) is 0. The summed E-state index contributed by atoms with van der Waals surface area (Å²) in [5.41, 5.74) is 1.75. The number of sulfonamides is 1. The van der Waals surface area contributed by atoms with E-state index in [4.69, 9.17) is 0 Å². The number of piperazine rings is 1. The monoisotopic (exact) mass is 458 g/mol. The first kappa shape index (κ1) is 22.6. The average Bonchev–Trinajstić information content (AvgIpc) is 2.74. The number of aryl methyl sites for hydroxylation is 1. The highest BCUT2D eigenvalue weighted by molar-refractivity contribution is 7.91. The predicted molar refractivity (Wildman–Crippen MR) is 111 cm³/mol. The third-order valence-electron chi connectivity index (χ3n) is 5.10. The summed E-state index contributed by atoms with van der Waals surface area (Å²) in [5, 5.41) is 0. The zero-order chi connectivity index (χ0) is 21.9. The number of alkyl halides is 2. The van der Waals surface area contributed by atoms with Gasteiger partial charge < -0.3 is 4.90 Å². The normalized spacial score (nSPS) is 16.2. The maximum absolute atomic E-state index is 12.9. The van der Waals surface area contributed by atoms with Gasteiger partial charge in [0.25, 0.3) is 0 Å². The molecule has 0 bridgehead atoms. The number of hydrogen-bond acceptors (Lipinski definition) is 5. The lowest BCUT2D eigenvalue weighted by Crippen LogP contribution is -2.48. The van der Waals surface area contributed by atoms with Gasteiger partial charge in [-0.2, -0.15) is 13.1 Å². The molecule has 0 aromatic heterocycles. The minimum absolute atomic E-state index is 0.261. The van der Waals surface area contributed by atoms with Gasteiger partial charge >= 0.3 is 5.76 Å². The second-order valence-corrected chi connectivity index (χ2v) is 10.9. The Labute approximate surface area is 176 Å². The van der Waals surface area contributed by atoms with E-state index < -0.39 is 30.5 Å². The van der Waals surface area contributed by atoms with Crippen molar-refractivity contribution in [2.75, 3.05) is 31.1 Å². The van der Waals surface area contributed by atoms with E-state index >= 15 is 0 Å². The Morgan fingerprint density at radius 2 is 1.37 bits per heavy atom. The highest BCUT2D eigenvalue weighted by Gasteiger charge is 2.29. The molecule has 3 rings (SSSR count). The van der Waals surface area contributed by atoms with Gasteiger partial charge in [0.2, 0.25) is 19.9 Å². The summed E-state index contributed by atoms with van der Waals surface area (Å²) < 4.78 is 75.6. The Morgan fingerprint density at radius 3 is 1.87 bits per heavy atom. The van der Waals surface area contributed by atoms with Crippen molar-refractivity contribution >= 4 is 25.5 Å². The molecule has 1 saturated heterocycles. The van der Waals surface area contributed by atoms with Crippen molar-refractivity contribution in [1.82, 2.24) is 4.31 Å². The molecule has 0 spiro atoms. The standard InChI is InChI=1S/C20H24F2N2O4S2/c1-2-3-16-4-8-19(9-5-16)30(27,28)24-14-12-23(13-15-24)17-6-10-18(11-7-17)29(25,26)20(21)22/h4-11,20H,2-3,12-15H2,1H3. The van der Waals surface area contributed by atoms with Crippen LogP contribution in [0.15, 0.2) is 58.3 Å². The summed E-state index contributed by atoms with van der Waals surface area (Å²) in [6.45, 7) is 3.43. The zero-order valence-corrected chi connectivity index (χ0v) is 18.2. The molecule has 1 heterocycles. The fourth-order valence-electron chi connectivity index (χ4n) is 3.40. The molecule has 0 N–H and O–H groups in total. The van der Waals surface area contributed by atoms with Crippen molar-refractivity contribution in [2.45, 2.75) is 35.3 Å². The van der Waals surface area contributed by atoms with Crippen LogP contribution in [-0.4, -0.2) is 53.1 Å². The maximum Gasteiger partial charge on any atom is 0.341 e. The highest BCUT2D eigenvalue weighted by Crippen LogP contribution is 2.25. The third-order valence-corrected chi connectivity index (χ3v) is 8.41. The van der Waals surface area contributed by atoms with E-state index in [0.29, 0.717) is 18.8 Å². The molecule has 0 radical (unpaired) electrons. The minimum Gasteiger partial charge on any atom is -0.369 e. The molecule has 0 unspecified atom stereocenters. The maximum atomic E-state index is 12.9. The van der Waals surface area contributed by atoms with Crippen molar-refractivity contribution in [3.05, 3.63) is 54.1 Å². The van der Waals surface area contributed by atoms with Crippen LogP contribution in [0, 0.1) is 0 Å². The first-order valence-electron chi connectivity index (χ1n) is 9.62. The van der Waals surface area contributed by atoms with Crippen LogP contribution >= 0.6 is 0 Å². The molecule has 10 heteroatoms. The van der Waals surface area contributed by atoms with Crippen molar-refractivity contribution in [1.29, 1.82) is 0 Å². The molecular weight excluding hydrogens is 434 g/mol. The average molecular weight is 459 g/mol. The number of sulfone groups is 1. The van der Waals surface area contributed by atoms with E-state index in [1.54, 1.807) is 12.1 Å². The minimum atomic E-state index is -4.63. The second-order valence-electron chi connectivity index (χ2n) is 7.08. The van der Waals surface area contributed by atoms with Crippen LogP contribution in [0.5, 0.6) is 0 Å². The number of halogens is 2. The fraction of sp³-hybridized carbons (Fsp3) is 0.400. The molecule has 1 aliphatic rings. The van der Waals surface area contributed by atoms with Gasteiger partial charge in [0, 0.05) is 31.9 Å². The summed E-state index contributed by atoms with van der Waals surface area (Å²) in [7, 11) is -8.22. The molecule has 0 aliphatic carbocycles. The number of benzene rings is 2. The fourth-order valence-corrected chi connectivity index (χ4v) is 5.55. The molecule has 0 amide bonds. The summed E-state index contributed by atoms with van der Waals surface area (Å²) >= 11 is 0. The quantitative estimate of drug-likeness (QED) is 0.637. The Hall–Kier alpha value is -2.04. The number of rotatable bonds is 7. The van der Waals surface area contributed by atoms with E-state index in [9.17, 15) is 25.6 Å². The van der Waals surface area contributed by atoms with Gasteiger partial charge in [-0.15, -0.1) is 0 Å². The Morgan fingerprint density at radius 1 is 0.833 bits per heavy atom. The summed E-state index contributed by atoms with van der Waals surface area (Å²) in [5.74, 6) is -3.46. The third kappa shape index (κ3) is 4.65. The van der Waals surface area contributed by atoms with Gasteiger partial charge in [-0.25, -0.2) is 16.8 Å². The molecule has 6 nitrogen and oxygen atoms in total. The summed E-state index contributed by atoms with van der Waals surface area (Å²) in [4.78, 5) is 1.72. The molecule has 2 aromatic rings. The van der Waals surface area contributed by atoms with Crippen molar-refractivity contribution in [2.24, 2.45) is 0 Å². The van der Waals surface area contributed by atoms with Crippen LogP contribution in [0.1, 0.15) is 18.9 Å². The largest absolute Gasteiger partial charge is 0.369 e. The van der Waals surface area contributed by atoms with Gasteiger partial charge in [-0.1, -0.05) is 25.5 Å². The van der Waals surface area contributed by atoms with E-state index in [1.807, 2.05) is 17.0 Å². The van der Waals surface area contributed by atoms with E-state index in [2.05, 4.69) is 6.92 Å². The second kappa shape index (κ2) is 8.99. The van der Waals surface area contributed by atoms with Crippen molar-refractivity contribution < 1.29 is 25.6 Å². The van der Waals surface area contributed by atoms with Crippen LogP contribution in [0.3, 0.4) is 0 Å². The first-order chi connectivity index (χ1) is 14.2. The molecule has 0 saturated carbocycles. The van der Waals surface area contributed by atoms with E-state index in [1.165, 1.54) is 16.4 Å². The van der Waals surface area contributed by atoms with Crippen LogP contribution < -0.4 is 4.90 Å². The lowest BCUT2D eigenvalue weighted by molar-refractivity contribution is 0.234. The Bertz CT molecular complexity index is 1060. The van der Waals surface area contributed by atoms with Gasteiger partial charge in [0.05, 0.1) is 9.79 Å². The van der Waals surface area contributed by atoms with Gasteiger partial charge in [-0.3, -0.25) is 0 Å². The first-order valence-corrected chi connectivity index (χ1v) is 12.6. The zero-order valence-electron chi connectivity index (χ0n) is 16.5. The lowest BCUT2D eigenvalue weighted by Gasteiger charge is -2.35. The molecule has 2 aromatic carbocycles. The molecule has 164 valence electrons. The molecular formula is C20H24F2N2O4S2. The molecule has 1 fully saturated rings. The van der Waals surface area contributed by atoms with Gasteiger partial charge in [-0.05, 0) is 48.4 Å². The van der Waals surface area contributed by atoms with Crippen LogP contribution in [0.25, 0.3) is 0 Å². The molecule has 1 aliphatic heterocycles. The van der Waals surface area contributed by atoms with Crippen molar-refractivity contribution in [3.8, 4) is 0 Å². The SMILES string of the molecule is CCCc1ccc(S(=O)(=O)N2CCN(c3ccc(S(=O)(=O)C(F)F)cc3)CC2)cc1. The number of nitrogens with zero attached hydrogens (tertiary/aromatic N) is 2. The summed E-state index contributed by atoms with van der Waals surface area (Å²) in [6, 6.07) is 12.2. The van der Waals surface area contributed by atoms with Crippen molar-refractivity contribution in [3.63, 3.8) is 0 Å². The van der Waals surface area contributed by atoms with E-state index in [-0.39, 0.29) is 18.0 Å². The highest BCUT2D eigenvalue weighted by atomic mass is 32.2. The molecule has 0 atom stereocenters. The number of anilines is 1. The summed E-state index contributed by atoms with van der Waals surface area (Å²) in [6.07, 6.45) is 1.89. The smallest absolute Gasteiger partial charge is 0.341 e. The van der Waals surface area contributed by atoms with Gasteiger partial charge in [0.15, 0.2) is 0 Å².